The second-order valence-corrected chi connectivity index (χ2v) is 0. The predicted molar refractivity (Wildman–Crippen MR) is 6.44 cm³/mol. The smallest absolute Gasteiger partial charge is 0 e. The quantitative estimate of drug-likeness (QED) is 0.544. The third-order valence-electron chi connectivity index (χ3n) is 0. The zero-order chi connectivity index (χ0) is 2.00. The molecule has 0 N–H and O–H groups in total. The molecule has 0 aromatic heterocycles. The van der Waals surface area contributed by atoms with E-state index >= 15 is 0 Å². The molecule has 0 spiro atoms. The van der Waals surface area contributed by atoms with E-state index in [1.807, 2.05) is 0 Å². The average molecular weight is 339 g/mol. The molecule has 0 bridgehead atoms. The molecule has 4 heteroatoms. The molecule has 0 aliphatic carbocycles. The van der Waals surface area contributed by atoms with Crippen LogP contribution in [0.3, 0.4) is 0 Å². The maximum absolute atomic E-state index is 7.81. The maximum Gasteiger partial charge on any atom is 0 e. The first-order valence-electron chi connectivity index (χ1n) is 0.123. The first kappa shape index (κ1) is 17.1. The van der Waals surface area contributed by atoms with E-state index in [-0.39, 0.29) is 44.8 Å². The Hall–Kier alpha value is 1.79. The van der Waals surface area contributed by atoms with Crippen LogP contribution in [-0.4, -0.2) is 26.2 Å². The van der Waals surface area contributed by atoms with Crippen LogP contribution >= 0.6 is 0 Å². The van der Waals surface area contributed by atoms with Gasteiger partial charge in [-0.3, -0.25) is 0 Å². The molecule has 0 aromatic rings. The standard InChI is InChI=1S/Bi.Cu.O.V. The predicted octanol–water partition coefficient (Wildman–Crippen LogP) is -0.505. The van der Waals surface area contributed by atoms with E-state index in [1.165, 1.54) is 0 Å². The summed E-state index contributed by atoms with van der Waals surface area (Å²) >= 11 is 2.94. The molecule has 0 unspecified atom stereocenters. The number of hydrogen-bond acceptors (Lipinski definition) is 1. The Morgan fingerprint density at radius 1 is 1.25 bits per heavy atom. The Kier molecular flexibility index (Phi) is 91.8. The minimum atomic E-state index is 0. The number of hydrogen-bond donors (Lipinski definition) is 0. The molecule has 27 valence electrons. The largest absolute Gasteiger partial charge is 0 e. The van der Waals surface area contributed by atoms with Gasteiger partial charge in [-0.05, 0) is 0 Å². The van der Waals surface area contributed by atoms with Crippen molar-refractivity contribution in [1.29, 1.82) is 0 Å². The van der Waals surface area contributed by atoms with Crippen LogP contribution in [0, 0.1) is 0 Å². The van der Waals surface area contributed by atoms with Gasteiger partial charge in [0.2, 0.25) is 0 Å². The van der Waals surface area contributed by atoms with Crippen molar-refractivity contribution in [3.63, 3.8) is 0 Å². The van der Waals surface area contributed by atoms with Crippen molar-refractivity contribution in [1.82, 2.24) is 0 Å². The number of rotatable bonds is 0. The monoisotopic (exact) mass is 339 g/mol. The Morgan fingerprint density at radius 2 is 1.25 bits per heavy atom. The Labute approximate surface area is 63.9 Å². The third kappa shape index (κ3) is 9.21. The molecule has 0 saturated heterocycles. The molecule has 0 rings (SSSR count). The van der Waals surface area contributed by atoms with Crippen molar-refractivity contribution in [3.05, 3.63) is 0 Å². The van der Waals surface area contributed by atoms with Crippen LogP contribution in [0.2, 0.25) is 0 Å². The van der Waals surface area contributed by atoms with Crippen molar-refractivity contribution in [2.24, 2.45) is 0 Å². The van der Waals surface area contributed by atoms with Crippen LogP contribution in [-0.2, 0) is 38.3 Å². The van der Waals surface area contributed by atoms with Gasteiger partial charge in [0.1, 0.15) is 0 Å². The summed E-state index contributed by atoms with van der Waals surface area (Å²) in [5.41, 5.74) is 0. The van der Waals surface area contributed by atoms with Gasteiger partial charge in [0.05, 0.1) is 0 Å². The molecule has 0 saturated carbocycles. The molecule has 0 atom stereocenters. The summed E-state index contributed by atoms with van der Waals surface area (Å²) in [5, 5.41) is 0. The van der Waals surface area contributed by atoms with Gasteiger partial charge in [0, 0.05) is 44.8 Å². The Bertz CT molecular complexity index is 8.00. The second kappa shape index (κ2) is 21.5. The van der Waals surface area contributed by atoms with Crippen molar-refractivity contribution >= 4 is 26.2 Å². The van der Waals surface area contributed by atoms with Crippen LogP contribution in [0.1, 0.15) is 0 Å². The molecule has 0 heterocycles. The van der Waals surface area contributed by atoms with Gasteiger partial charge in [-0.15, -0.1) is 0 Å². The average Bonchev–Trinajstić information content (AvgIpc) is 1.00. The maximum atomic E-state index is 7.81. The molecular weight excluding hydrogens is 339 g/mol. The van der Waals surface area contributed by atoms with Crippen LogP contribution in [0.25, 0.3) is 0 Å². The van der Waals surface area contributed by atoms with E-state index in [0.29, 0.717) is 0 Å². The zero-order valence-electron chi connectivity index (χ0n) is 1.60. The van der Waals surface area contributed by atoms with Crippen LogP contribution in [0.15, 0.2) is 0 Å². The summed E-state index contributed by atoms with van der Waals surface area (Å²) in [4.78, 5) is 0. The fraction of sp³-hybridized carbons (Fsp3) is 0. The minimum absolute atomic E-state index is 0. The van der Waals surface area contributed by atoms with Crippen LogP contribution in [0.5, 0.6) is 0 Å². The van der Waals surface area contributed by atoms with Crippen molar-refractivity contribution in [3.8, 4) is 0 Å². The molecule has 0 aromatic carbocycles. The third-order valence-corrected chi connectivity index (χ3v) is 0. The summed E-state index contributed by atoms with van der Waals surface area (Å²) in [6.45, 7) is 0. The van der Waals surface area contributed by atoms with E-state index in [4.69, 9.17) is 3.83 Å². The minimum Gasteiger partial charge on any atom is 0 e. The van der Waals surface area contributed by atoms with Gasteiger partial charge in [0.25, 0.3) is 0 Å². The summed E-state index contributed by atoms with van der Waals surface area (Å²) < 4.78 is 7.81. The van der Waals surface area contributed by atoms with E-state index in [0.717, 1.165) is 0 Å². The first-order valence-corrected chi connectivity index (χ1v) is 0.508. The molecule has 0 aliphatic heterocycles. The van der Waals surface area contributed by atoms with Crippen molar-refractivity contribution < 1.29 is 38.3 Å². The molecule has 1 nitrogen and oxygen atoms in total. The van der Waals surface area contributed by atoms with Crippen LogP contribution in [0.4, 0.5) is 0 Å². The van der Waals surface area contributed by atoms with Crippen molar-refractivity contribution in [2.45, 2.75) is 0 Å². The summed E-state index contributed by atoms with van der Waals surface area (Å²) in [7, 11) is 0. The zero-order valence-corrected chi connectivity index (χ0v) is 7.42. The van der Waals surface area contributed by atoms with Gasteiger partial charge < -0.3 is 0 Å². The Balaban J connectivity index is -0.00000000500. The summed E-state index contributed by atoms with van der Waals surface area (Å²) in [6.07, 6.45) is 0. The van der Waals surface area contributed by atoms with E-state index < -0.39 is 0 Å². The summed E-state index contributed by atoms with van der Waals surface area (Å²) in [6, 6.07) is 0. The molecule has 4 radical (unpaired) electrons. The van der Waals surface area contributed by atoms with E-state index in [9.17, 15) is 0 Å². The molecule has 0 fully saturated rings. The molecule has 0 aliphatic rings. The van der Waals surface area contributed by atoms with Gasteiger partial charge >= 0.3 is 19.8 Å². The topological polar surface area (TPSA) is 17.1 Å². The SMILES string of the molecule is [Bi].[O]=[Cu].[V]. The normalized spacial score (nSPS) is 1.50. The van der Waals surface area contributed by atoms with Crippen LogP contribution < -0.4 is 0 Å². The molecular formula is BiCuOV. The molecule has 0 amide bonds. The van der Waals surface area contributed by atoms with E-state index in [2.05, 4.69) is 15.9 Å². The van der Waals surface area contributed by atoms with Gasteiger partial charge in [-0.25, -0.2) is 0 Å². The second-order valence-electron chi connectivity index (χ2n) is 0. The van der Waals surface area contributed by atoms with Gasteiger partial charge in [0.15, 0.2) is 0 Å². The van der Waals surface area contributed by atoms with Gasteiger partial charge in [-0.1, -0.05) is 0 Å². The fourth-order valence-corrected chi connectivity index (χ4v) is 0. The fourth-order valence-electron chi connectivity index (χ4n) is 0. The van der Waals surface area contributed by atoms with E-state index in [1.54, 1.807) is 0 Å². The van der Waals surface area contributed by atoms with Crippen molar-refractivity contribution in [2.75, 3.05) is 0 Å². The van der Waals surface area contributed by atoms with Gasteiger partial charge in [-0.2, -0.15) is 0 Å². The first-order chi connectivity index (χ1) is 1.00. The Morgan fingerprint density at radius 3 is 1.25 bits per heavy atom. The molecule has 4 heavy (non-hydrogen) atoms. The summed E-state index contributed by atoms with van der Waals surface area (Å²) in [5.74, 6) is 0.